The van der Waals surface area contributed by atoms with Crippen LogP contribution in [-0.2, 0) is 4.74 Å². The summed E-state index contributed by atoms with van der Waals surface area (Å²) in [6, 6.07) is 23.6. The molecule has 0 N–H and O–H groups in total. The lowest BCUT2D eigenvalue weighted by Crippen LogP contribution is -2.38. The average Bonchev–Trinajstić information content (AvgIpc) is 3.25. The fourth-order valence-corrected chi connectivity index (χ4v) is 4.38. The van der Waals surface area contributed by atoms with E-state index in [4.69, 9.17) is 9.47 Å². The van der Waals surface area contributed by atoms with Crippen LogP contribution in [0.3, 0.4) is 0 Å². The van der Waals surface area contributed by atoms with Crippen LogP contribution in [0, 0.1) is 0 Å². The van der Waals surface area contributed by atoms with Gasteiger partial charge in [-0.25, -0.2) is 0 Å². The monoisotopic (exact) mass is 379 g/mol. The quantitative estimate of drug-likeness (QED) is 0.597. The molecule has 27 heavy (non-hydrogen) atoms. The van der Waals surface area contributed by atoms with Crippen molar-refractivity contribution in [1.29, 1.82) is 0 Å². The third-order valence-electron chi connectivity index (χ3n) is 4.95. The lowest BCUT2D eigenvalue weighted by molar-refractivity contribution is 0.0322. The number of hydrogen-bond donors (Lipinski definition) is 0. The molecule has 1 unspecified atom stereocenters. The van der Waals surface area contributed by atoms with Crippen molar-refractivity contribution >= 4 is 11.3 Å². The van der Waals surface area contributed by atoms with Crippen LogP contribution in [-0.4, -0.2) is 44.4 Å². The van der Waals surface area contributed by atoms with Gasteiger partial charge in [-0.1, -0.05) is 48.5 Å². The lowest BCUT2D eigenvalue weighted by Gasteiger charge is -2.26. The first-order valence-corrected chi connectivity index (χ1v) is 10.4. The van der Waals surface area contributed by atoms with E-state index in [9.17, 15) is 0 Å². The predicted molar refractivity (Wildman–Crippen MR) is 111 cm³/mol. The Balaban J connectivity index is 1.43. The van der Waals surface area contributed by atoms with Crippen LogP contribution < -0.4 is 4.74 Å². The highest BCUT2D eigenvalue weighted by molar-refractivity contribution is 7.10. The third kappa shape index (κ3) is 4.78. The van der Waals surface area contributed by atoms with Crippen LogP contribution in [0.1, 0.15) is 21.9 Å². The SMILES string of the molecule is c1ccc(C(c2ccc(OCCN3CCOCC3)cc2)c2cccs2)cc1. The van der Waals surface area contributed by atoms with Crippen LogP contribution in [0.2, 0.25) is 0 Å². The maximum Gasteiger partial charge on any atom is 0.119 e. The van der Waals surface area contributed by atoms with Gasteiger partial charge in [0.1, 0.15) is 12.4 Å². The van der Waals surface area contributed by atoms with E-state index in [-0.39, 0.29) is 5.92 Å². The number of nitrogens with zero attached hydrogens (tertiary/aromatic N) is 1. The molecule has 2 heterocycles. The Labute approximate surface area is 165 Å². The Morgan fingerprint density at radius 1 is 0.889 bits per heavy atom. The van der Waals surface area contributed by atoms with Gasteiger partial charge >= 0.3 is 0 Å². The molecule has 0 aliphatic carbocycles. The van der Waals surface area contributed by atoms with Gasteiger partial charge in [0.2, 0.25) is 0 Å². The second-order valence-corrected chi connectivity index (χ2v) is 7.71. The molecule has 140 valence electrons. The van der Waals surface area contributed by atoms with Gasteiger partial charge in [-0.15, -0.1) is 11.3 Å². The summed E-state index contributed by atoms with van der Waals surface area (Å²) in [6.07, 6.45) is 0. The minimum atomic E-state index is 0.272. The zero-order valence-electron chi connectivity index (χ0n) is 15.4. The molecule has 1 fully saturated rings. The van der Waals surface area contributed by atoms with Gasteiger partial charge < -0.3 is 9.47 Å². The highest BCUT2D eigenvalue weighted by Crippen LogP contribution is 2.35. The number of morpholine rings is 1. The lowest BCUT2D eigenvalue weighted by atomic mass is 9.90. The average molecular weight is 380 g/mol. The summed E-state index contributed by atoms with van der Waals surface area (Å²) < 4.78 is 11.3. The molecule has 0 bridgehead atoms. The first kappa shape index (κ1) is 18.2. The summed E-state index contributed by atoms with van der Waals surface area (Å²) in [5, 5.41) is 2.15. The molecule has 1 aliphatic heterocycles. The molecule has 1 aromatic heterocycles. The van der Waals surface area contributed by atoms with Crippen molar-refractivity contribution in [3.63, 3.8) is 0 Å². The number of thiophene rings is 1. The molecular weight excluding hydrogens is 354 g/mol. The number of rotatable bonds is 7. The molecule has 4 rings (SSSR count). The summed E-state index contributed by atoms with van der Waals surface area (Å²) in [4.78, 5) is 3.75. The van der Waals surface area contributed by atoms with Crippen LogP contribution in [0.25, 0.3) is 0 Å². The summed E-state index contributed by atoms with van der Waals surface area (Å²) in [7, 11) is 0. The van der Waals surface area contributed by atoms with Crippen molar-refractivity contribution in [2.75, 3.05) is 39.5 Å². The second kappa shape index (κ2) is 9.18. The summed E-state index contributed by atoms with van der Waals surface area (Å²) >= 11 is 1.81. The number of hydrogen-bond acceptors (Lipinski definition) is 4. The maximum absolute atomic E-state index is 5.96. The van der Waals surface area contributed by atoms with Crippen LogP contribution in [0.15, 0.2) is 72.1 Å². The predicted octanol–water partition coefficient (Wildman–Crippen LogP) is 4.64. The molecular formula is C23H25NO2S. The second-order valence-electron chi connectivity index (χ2n) is 6.73. The summed E-state index contributed by atoms with van der Waals surface area (Å²) in [5.41, 5.74) is 2.62. The normalized spacial score (nSPS) is 16.1. The standard InChI is InChI=1S/C23H25NO2S/c1-2-5-19(6-3-1)23(22-7-4-18-27-22)20-8-10-21(11-9-20)26-17-14-24-12-15-25-16-13-24/h1-11,18,23H,12-17H2. The molecule has 4 heteroatoms. The van der Waals surface area contributed by atoms with E-state index in [0.29, 0.717) is 6.61 Å². The first-order valence-electron chi connectivity index (χ1n) is 9.51. The zero-order chi connectivity index (χ0) is 18.3. The van der Waals surface area contributed by atoms with E-state index in [0.717, 1.165) is 38.6 Å². The zero-order valence-corrected chi connectivity index (χ0v) is 16.2. The molecule has 1 aliphatic rings. The summed E-state index contributed by atoms with van der Waals surface area (Å²) in [6.45, 7) is 5.33. The van der Waals surface area contributed by atoms with E-state index in [1.165, 1.54) is 16.0 Å². The van der Waals surface area contributed by atoms with E-state index in [1.54, 1.807) is 0 Å². The number of ether oxygens (including phenoxy) is 2. The molecule has 3 nitrogen and oxygen atoms in total. The molecule has 1 atom stereocenters. The van der Waals surface area contributed by atoms with Gasteiger partial charge in [0.15, 0.2) is 0 Å². The molecule has 3 aromatic rings. The van der Waals surface area contributed by atoms with E-state index in [1.807, 2.05) is 11.3 Å². The Kier molecular flexibility index (Phi) is 6.20. The Hall–Kier alpha value is -2.14. The topological polar surface area (TPSA) is 21.7 Å². The fourth-order valence-electron chi connectivity index (χ4n) is 3.50. The Bertz CT molecular complexity index is 796. The van der Waals surface area contributed by atoms with Gasteiger partial charge in [-0.3, -0.25) is 4.90 Å². The van der Waals surface area contributed by atoms with Gasteiger partial charge in [-0.05, 0) is 34.7 Å². The van der Waals surface area contributed by atoms with Crippen molar-refractivity contribution < 1.29 is 9.47 Å². The first-order chi connectivity index (χ1) is 13.4. The van der Waals surface area contributed by atoms with Gasteiger partial charge in [0.05, 0.1) is 13.2 Å². The minimum absolute atomic E-state index is 0.272. The smallest absolute Gasteiger partial charge is 0.119 e. The molecule has 2 aromatic carbocycles. The molecule has 0 radical (unpaired) electrons. The van der Waals surface area contributed by atoms with Gasteiger partial charge in [0.25, 0.3) is 0 Å². The van der Waals surface area contributed by atoms with Gasteiger partial charge in [-0.2, -0.15) is 0 Å². The van der Waals surface area contributed by atoms with E-state index >= 15 is 0 Å². The molecule has 0 spiro atoms. The maximum atomic E-state index is 5.96. The Morgan fingerprint density at radius 3 is 2.33 bits per heavy atom. The van der Waals surface area contributed by atoms with Crippen molar-refractivity contribution in [3.8, 4) is 5.75 Å². The van der Waals surface area contributed by atoms with E-state index < -0.39 is 0 Å². The van der Waals surface area contributed by atoms with E-state index in [2.05, 4.69) is 77.0 Å². The van der Waals surface area contributed by atoms with Crippen LogP contribution >= 0.6 is 11.3 Å². The van der Waals surface area contributed by atoms with Crippen molar-refractivity contribution in [3.05, 3.63) is 88.1 Å². The van der Waals surface area contributed by atoms with Crippen LogP contribution in [0.4, 0.5) is 0 Å². The van der Waals surface area contributed by atoms with Gasteiger partial charge in [0, 0.05) is 30.4 Å². The molecule has 0 amide bonds. The van der Waals surface area contributed by atoms with Crippen molar-refractivity contribution in [2.24, 2.45) is 0 Å². The number of benzene rings is 2. The van der Waals surface area contributed by atoms with Crippen molar-refractivity contribution in [2.45, 2.75) is 5.92 Å². The van der Waals surface area contributed by atoms with Crippen molar-refractivity contribution in [1.82, 2.24) is 4.90 Å². The highest BCUT2D eigenvalue weighted by Gasteiger charge is 2.17. The summed E-state index contributed by atoms with van der Waals surface area (Å²) in [5.74, 6) is 1.21. The Morgan fingerprint density at radius 2 is 1.63 bits per heavy atom. The molecule has 1 saturated heterocycles. The molecule has 0 saturated carbocycles. The largest absolute Gasteiger partial charge is 0.492 e. The van der Waals surface area contributed by atoms with Crippen LogP contribution in [0.5, 0.6) is 5.75 Å². The third-order valence-corrected chi connectivity index (χ3v) is 5.89. The minimum Gasteiger partial charge on any atom is -0.492 e. The fraction of sp³-hybridized carbons (Fsp3) is 0.304. The highest BCUT2D eigenvalue weighted by atomic mass is 32.1.